The fraction of sp³-hybridized carbons (Fsp3) is 0.440. The summed E-state index contributed by atoms with van der Waals surface area (Å²) in [5.74, 6) is 0.909. The fourth-order valence-electron chi connectivity index (χ4n) is 3.57. The van der Waals surface area contributed by atoms with Gasteiger partial charge in [0.05, 0.1) is 7.11 Å². The Labute approximate surface area is 178 Å². The molecule has 28 heavy (non-hydrogen) atoms. The lowest BCUT2D eigenvalue weighted by molar-refractivity contribution is 0.415. The number of ether oxygens (including phenoxy) is 1. The lowest BCUT2D eigenvalue weighted by Crippen LogP contribution is -1.86. The number of unbranched alkanes of at least 4 members (excludes halogenated alkanes) is 7. The number of thiophene rings is 2. The predicted octanol–water partition coefficient (Wildman–Crippen LogP) is 8.84. The van der Waals surface area contributed by atoms with Crippen molar-refractivity contribution >= 4 is 22.7 Å². The molecule has 150 valence electrons. The smallest absolute Gasteiger partial charge is 0.118 e. The van der Waals surface area contributed by atoms with E-state index in [-0.39, 0.29) is 0 Å². The number of benzene rings is 1. The van der Waals surface area contributed by atoms with Crippen LogP contribution in [-0.4, -0.2) is 7.11 Å². The summed E-state index contributed by atoms with van der Waals surface area (Å²) in [6.45, 7) is 2.28. The molecule has 1 aromatic carbocycles. The van der Waals surface area contributed by atoms with Crippen molar-refractivity contribution in [3.05, 3.63) is 53.4 Å². The molecular weight excluding hydrogens is 380 g/mol. The number of aryl methyl sites for hydroxylation is 1. The maximum Gasteiger partial charge on any atom is 0.118 e. The Morgan fingerprint density at radius 2 is 1.43 bits per heavy atom. The van der Waals surface area contributed by atoms with Gasteiger partial charge in [-0.2, -0.15) is 0 Å². The molecule has 0 aliphatic carbocycles. The first-order valence-electron chi connectivity index (χ1n) is 10.6. The van der Waals surface area contributed by atoms with Gasteiger partial charge in [-0.25, -0.2) is 0 Å². The van der Waals surface area contributed by atoms with Crippen LogP contribution in [-0.2, 0) is 6.42 Å². The largest absolute Gasteiger partial charge is 0.497 e. The molecule has 1 nitrogen and oxygen atoms in total. The van der Waals surface area contributed by atoms with Gasteiger partial charge in [0.25, 0.3) is 0 Å². The maximum atomic E-state index is 5.27. The van der Waals surface area contributed by atoms with Gasteiger partial charge in [-0.1, -0.05) is 51.9 Å². The lowest BCUT2D eigenvalue weighted by Gasteiger charge is -2.04. The third-order valence-electron chi connectivity index (χ3n) is 5.25. The van der Waals surface area contributed by atoms with E-state index in [1.807, 2.05) is 34.8 Å². The first-order valence-corrected chi connectivity index (χ1v) is 12.3. The fourth-order valence-corrected chi connectivity index (χ4v) is 5.70. The highest BCUT2D eigenvalue weighted by atomic mass is 32.1. The number of hydrogen-bond acceptors (Lipinski definition) is 3. The van der Waals surface area contributed by atoms with E-state index in [0.717, 1.165) is 5.75 Å². The molecule has 0 atom stereocenters. The molecule has 2 aromatic heterocycles. The van der Waals surface area contributed by atoms with Crippen LogP contribution >= 0.6 is 22.7 Å². The van der Waals surface area contributed by atoms with Gasteiger partial charge in [-0.3, -0.25) is 0 Å². The van der Waals surface area contributed by atoms with Crippen LogP contribution < -0.4 is 4.74 Å². The van der Waals surface area contributed by atoms with Gasteiger partial charge in [0.1, 0.15) is 5.75 Å². The first-order chi connectivity index (χ1) is 13.8. The molecule has 0 unspecified atom stereocenters. The molecule has 0 bridgehead atoms. The number of methoxy groups -OCH3 is 1. The van der Waals surface area contributed by atoms with Crippen molar-refractivity contribution in [1.29, 1.82) is 0 Å². The van der Waals surface area contributed by atoms with Gasteiger partial charge in [0.15, 0.2) is 0 Å². The first kappa shape index (κ1) is 21.1. The molecule has 0 aliphatic rings. The molecule has 0 fully saturated rings. The molecular formula is C25H32OS2. The highest BCUT2D eigenvalue weighted by molar-refractivity contribution is 7.23. The summed E-state index contributed by atoms with van der Waals surface area (Å²) in [5, 5.41) is 2.25. The molecule has 2 heterocycles. The monoisotopic (exact) mass is 412 g/mol. The van der Waals surface area contributed by atoms with E-state index < -0.39 is 0 Å². The Bertz CT molecular complexity index is 813. The van der Waals surface area contributed by atoms with Crippen molar-refractivity contribution in [3.8, 4) is 25.9 Å². The molecule has 3 rings (SSSR count). The van der Waals surface area contributed by atoms with Gasteiger partial charge in [-0.15, -0.1) is 22.7 Å². The highest BCUT2D eigenvalue weighted by Crippen LogP contribution is 2.39. The van der Waals surface area contributed by atoms with Gasteiger partial charge < -0.3 is 4.74 Å². The van der Waals surface area contributed by atoms with Gasteiger partial charge in [0.2, 0.25) is 0 Å². The predicted molar refractivity (Wildman–Crippen MR) is 126 cm³/mol. The number of hydrogen-bond donors (Lipinski definition) is 0. The Balaban J connectivity index is 1.53. The van der Waals surface area contributed by atoms with E-state index in [4.69, 9.17) is 4.74 Å². The molecule has 3 aromatic rings. The molecule has 0 saturated carbocycles. The Kier molecular flexibility index (Phi) is 8.63. The molecule has 0 saturated heterocycles. The van der Waals surface area contributed by atoms with Crippen LogP contribution in [0.2, 0.25) is 0 Å². The van der Waals surface area contributed by atoms with Crippen molar-refractivity contribution in [3.63, 3.8) is 0 Å². The zero-order valence-corrected chi connectivity index (χ0v) is 18.8. The second kappa shape index (κ2) is 11.4. The summed E-state index contributed by atoms with van der Waals surface area (Å²) >= 11 is 3.78. The topological polar surface area (TPSA) is 9.23 Å². The SMILES string of the molecule is CCCCCCCCCCc1ccsc1-c1ccc(-c2ccc(OC)cc2)s1. The van der Waals surface area contributed by atoms with Crippen LogP contribution in [0.3, 0.4) is 0 Å². The summed E-state index contributed by atoms with van der Waals surface area (Å²) < 4.78 is 5.27. The van der Waals surface area contributed by atoms with Gasteiger partial charge >= 0.3 is 0 Å². The molecule has 3 heteroatoms. The molecule has 0 radical (unpaired) electrons. The second-order valence-corrected chi connectivity index (χ2v) is 9.39. The minimum atomic E-state index is 0.909. The summed E-state index contributed by atoms with van der Waals surface area (Å²) in [5.41, 5.74) is 2.79. The van der Waals surface area contributed by atoms with E-state index in [1.165, 1.54) is 83.5 Å². The Hall–Kier alpha value is -1.58. The van der Waals surface area contributed by atoms with Crippen LogP contribution in [0.1, 0.15) is 63.9 Å². The molecule has 0 aliphatic heterocycles. The van der Waals surface area contributed by atoms with E-state index in [9.17, 15) is 0 Å². The van der Waals surface area contributed by atoms with E-state index in [1.54, 1.807) is 7.11 Å². The zero-order valence-electron chi connectivity index (χ0n) is 17.2. The normalized spacial score (nSPS) is 11.1. The average molecular weight is 413 g/mol. The van der Waals surface area contributed by atoms with Crippen molar-refractivity contribution in [2.24, 2.45) is 0 Å². The lowest BCUT2D eigenvalue weighted by atomic mass is 10.0. The Morgan fingerprint density at radius 3 is 2.14 bits per heavy atom. The minimum absolute atomic E-state index is 0.909. The summed E-state index contributed by atoms with van der Waals surface area (Å²) in [6, 6.07) is 15.2. The summed E-state index contributed by atoms with van der Waals surface area (Å²) in [6.07, 6.45) is 12.3. The van der Waals surface area contributed by atoms with Crippen LogP contribution in [0.4, 0.5) is 0 Å². The van der Waals surface area contributed by atoms with Crippen molar-refractivity contribution in [1.82, 2.24) is 0 Å². The standard InChI is InChI=1S/C25H32OS2/c1-3-4-5-6-7-8-9-10-11-21-18-19-27-25(21)24-17-16-23(28-24)20-12-14-22(26-2)15-13-20/h12-19H,3-11H2,1-2H3. The van der Waals surface area contributed by atoms with Gasteiger partial charge in [0, 0.05) is 14.6 Å². The third kappa shape index (κ3) is 5.96. The number of rotatable bonds is 12. The van der Waals surface area contributed by atoms with E-state index >= 15 is 0 Å². The third-order valence-corrected chi connectivity index (χ3v) is 7.52. The zero-order chi connectivity index (χ0) is 19.6. The Morgan fingerprint density at radius 1 is 0.750 bits per heavy atom. The molecule has 0 spiro atoms. The summed E-state index contributed by atoms with van der Waals surface area (Å²) in [7, 11) is 1.71. The van der Waals surface area contributed by atoms with Crippen LogP contribution in [0.5, 0.6) is 5.75 Å². The van der Waals surface area contributed by atoms with Crippen LogP contribution in [0.15, 0.2) is 47.8 Å². The van der Waals surface area contributed by atoms with E-state index in [2.05, 4.69) is 42.6 Å². The highest BCUT2D eigenvalue weighted by Gasteiger charge is 2.11. The quantitative estimate of drug-likeness (QED) is 0.270. The van der Waals surface area contributed by atoms with Gasteiger partial charge in [-0.05, 0) is 71.8 Å². The maximum absolute atomic E-state index is 5.27. The van der Waals surface area contributed by atoms with Crippen molar-refractivity contribution in [2.75, 3.05) is 7.11 Å². The second-order valence-electron chi connectivity index (χ2n) is 7.39. The minimum Gasteiger partial charge on any atom is -0.497 e. The average Bonchev–Trinajstić information content (AvgIpc) is 3.39. The molecule has 0 N–H and O–H groups in total. The van der Waals surface area contributed by atoms with Crippen LogP contribution in [0.25, 0.3) is 20.2 Å². The van der Waals surface area contributed by atoms with Crippen LogP contribution in [0, 0.1) is 0 Å². The van der Waals surface area contributed by atoms with Crippen molar-refractivity contribution in [2.45, 2.75) is 64.7 Å². The van der Waals surface area contributed by atoms with Crippen molar-refractivity contribution < 1.29 is 4.74 Å². The summed E-state index contributed by atoms with van der Waals surface area (Å²) in [4.78, 5) is 4.19. The molecule has 0 amide bonds. The van der Waals surface area contributed by atoms with E-state index in [0.29, 0.717) is 0 Å².